The zero-order valence-corrected chi connectivity index (χ0v) is 22.0. The molecule has 0 radical (unpaired) electrons. The van der Waals surface area contributed by atoms with Gasteiger partial charge in [-0.2, -0.15) is 0 Å². The summed E-state index contributed by atoms with van der Waals surface area (Å²) in [4.78, 5) is 21.9. The van der Waals surface area contributed by atoms with Crippen LogP contribution in [0.25, 0.3) is 22.4 Å². The van der Waals surface area contributed by atoms with E-state index >= 15 is 0 Å². The Kier molecular flexibility index (Phi) is 7.71. The summed E-state index contributed by atoms with van der Waals surface area (Å²) in [6.07, 6.45) is 3.64. The van der Waals surface area contributed by atoms with Crippen LogP contribution in [-0.4, -0.2) is 28.0 Å². The number of hydrogen-bond acceptors (Lipinski definition) is 6. The van der Waals surface area contributed by atoms with Crippen molar-refractivity contribution in [1.29, 1.82) is 0 Å². The van der Waals surface area contributed by atoms with E-state index in [9.17, 15) is 14.3 Å². The fourth-order valence-corrected chi connectivity index (χ4v) is 4.21. The van der Waals surface area contributed by atoms with Crippen LogP contribution in [0.4, 0.5) is 4.39 Å². The molecule has 4 aromatic rings. The highest BCUT2D eigenvalue weighted by atomic mass is 19.1. The van der Waals surface area contributed by atoms with Gasteiger partial charge >= 0.3 is 0 Å². The van der Waals surface area contributed by atoms with Crippen LogP contribution in [0, 0.1) is 5.82 Å². The Balaban J connectivity index is 1.59. The van der Waals surface area contributed by atoms with Gasteiger partial charge in [-0.3, -0.25) is 9.78 Å². The molecular weight excluding hydrogens is 481 g/mol. The number of pyridine rings is 2. The van der Waals surface area contributed by atoms with Crippen LogP contribution in [0.3, 0.4) is 0 Å². The second-order valence-corrected chi connectivity index (χ2v) is 10.2. The molecule has 2 aromatic heterocycles. The van der Waals surface area contributed by atoms with Crippen molar-refractivity contribution in [2.45, 2.75) is 44.8 Å². The third kappa shape index (κ3) is 6.13. The van der Waals surface area contributed by atoms with Gasteiger partial charge in [0.05, 0.1) is 18.5 Å². The van der Waals surface area contributed by atoms with Gasteiger partial charge in [0.1, 0.15) is 17.2 Å². The normalized spacial score (nSPS) is 13.1. The van der Waals surface area contributed by atoms with Crippen molar-refractivity contribution in [3.05, 3.63) is 102 Å². The number of rotatable bonds is 9. The van der Waals surface area contributed by atoms with Crippen molar-refractivity contribution < 1.29 is 19.0 Å². The summed E-state index contributed by atoms with van der Waals surface area (Å²) in [5, 5.41) is 11.4. The smallest absolute Gasteiger partial charge is 0.163 e. The van der Waals surface area contributed by atoms with Crippen LogP contribution in [-0.2, 0) is 11.1 Å². The van der Waals surface area contributed by atoms with Crippen molar-refractivity contribution >= 4 is 5.78 Å². The van der Waals surface area contributed by atoms with Gasteiger partial charge in [0.2, 0.25) is 0 Å². The number of ketones is 1. The highest BCUT2D eigenvalue weighted by Gasteiger charge is 2.29. The van der Waals surface area contributed by atoms with E-state index in [2.05, 4.69) is 9.97 Å². The van der Waals surface area contributed by atoms with Gasteiger partial charge in [0, 0.05) is 41.0 Å². The van der Waals surface area contributed by atoms with Crippen molar-refractivity contribution in [1.82, 2.24) is 9.97 Å². The largest absolute Gasteiger partial charge is 0.496 e. The van der Waals surface area contributed by atoms with Crippen LogP contribution in [0.2, 0.25) is 0 Å². The third-order valence-corrected chi connectivity index (χ3v) is 6.61. The second-order valence-electron chi connectivity index (χ2n) is 10.2. The highest BCUT2D eigenvalue weighted by molar-refractivity contribution is 5.97. The van der Waals surface area contributed by atoms with Gasteiger partial charge in [-0.15, -0.1) is 0 Å². The molecule has 7 heteroatoms. The summed E-state index contributed by atoms with van der Waals surface area (Å²) in [6.45, 7) is 5.36. The first kappa shape index (κ1) is 27.1. The molecule has 0 aliphatic carbocycles. The van der Waals surface area contributed by atoms with E-state index in [0.29, 0.717) is 28.3 Å². The lowest BCUT2D eigenvalue weighted by atomic mass is 9.88. The van der Waals surface area contributed by atoms with Crippen LogP contribution < -0.4 is 10.5 Å². The first-order chi connectivity index (χ1) is 18.0. The van der Waals surface area contributed by atoms with Crippen molar-refractivity contribution in [3.63, 3.8) is 0 Å². The number of halogens is 1. The van der Waals surface area contributed by atoms with E-state index in [1.807, 2.05) is 38.1 Å². The predicted molar refractivity (Wildman–Crippen MR) is 146 cm³/mol. The molecular formula is C31H32FN3O3. The molecule has 2 heterocycles. The molecule has 196 valence electrons. The number of aliphatic hydroxyl groups is 1. The maximum Gasteiger partial charge on any atom is 0.163 e. The quantitative estimate of drug-likeness (QED) is 0.266. The summed E-state index contributed by atoms with van der Waals surface area (Å²) < 4.78 is 19.0. The zero-order valence-electron chi connectivity index (χ0n) is 22.0. The molecule has 0 aliphatic heterocycles. The Labute approximate surface area is 222 Å². The molecule has 0 fully saturated rings. The predicted octanol–water partition coefficient (Wildman–Crippen LogP) is 6.02. The zero-order chi connectivity index (χ0) is 27.5. The van der Waals surface area contributed by atoms with Crippen molar-refractivity contribution in [2.24, 2.45) is 5.73 Å². The fourth-order valence-electron chi connectivity index (χ4n) is 4.21. The molecule has 4 rings (SSSR count). The minimum absolute atomic E-state index is 0.0918. The maximum atomic E-state index is 13.5. The van der Waals surface area contributed by atoms with Crippen LogP contribution in [0.15, 0.2) is 79.1 Å². The monoisotopic (exact) mass is 513 g/mol. The molecule has 0 amide bonds. The van der Waals surface area contributed by atoms with Crippen molar-refractivity contribution in [2.75, 3.05) is 7.11 Å². The van der Waals surface area contributed by atoms with Crippen LogP contribution >= 0.6 is 0 Å². The summed E-state index contributed by atoms with van der Waals surface area (Å²) in [6, 6.07) is 18.7. The topological polar surface area (TPSA) is 98.3 Å². The fraction of sp³-hybridized carbons (Fsp3) is 0.258. The number of nitrogens with two attached hydrogens (primary N) is 1. The van der Waals surface area contributed by atoms with Gasteiger partial charge in [-0.05, 0) is 99.0 Å². The number of Topliss-reactive ketones (excluding diaryl/α,β-unsaturated/α-hetero) is 1. The Morgan fingerprint density at radius 1 is 0.974 bits per heavy atom. The summed E-state index contributed by atoms with van der Waals surface area (Å²) in [5.41, 5.74) is 8.99. The Morgan fingerprint density at radius 3 is 2.29 bits per heavy atom. The Hall–Kier alpha value is -3.94. The average Bonchev–Trinajstić information content (AvgIpc) is 2.91. The minimum atomic E-state index is -1.41. The molecule has 0 aliphatic rings. The first-order valence-corrected chi connectivity index (χ1v) is 12.4. The van der Waals surface area contributed by atoms with E-state index in [-0.39, 0.29) is 24.4 Å². The van der Waals surface area contributed by atoms with Gasteiger partial charge in [0.25, 0.3) is 0 Å². The molecule has 1 unspecified atom stereocenters. The number of aromatic nitrogens is 2. The van der Waals surface area contributed by atoms with Gasteiger partial charge < -0.3 is 15.6 Å². The summed E-state index contributed by atoms with van der Waals surface area (Å²) in [5.74, 6) is 0.108. The van der Waals surface area contributed by atoms with Gasteiger partial charge in [0.15, 0.2) is 5.78 Å². The van der Waals surface area contributed by atoms with Crippen LogP contribution in [0.1, 0.15) is 55.2 Å². The van der Waals surface area contributed by atoms with E-state index in [0.717, 1.165) is 16.7 Å². The lowest BCUT2D eigenvalue weighted by molar-refractivity contribution is 0.0396. The highest BCUT2D eigenvalue weighted by Crippen LogP contribution is 2.34. The van der Waals surface area contributed by atoms with Crippen molar-refractivity contribution in [3.8, 4) is 28.1 Å². The first-order valence-electron chi connectivity index (χ1n) is 12.4. The Bertz CT molecular complexity index is 1430. The lowest BCUT2D eigenvalue weighted by Gasteiger charge is -2.27. The average molecular weight is 514 g/mol. The van der Waals surface area contributed by atoms with Gasteiger partial charge in [-0.1, -0.05) is 6.07 Å². The molecule has 1 atom stereocenters. The SMILES string of the molecule is COc1cc(C(=O)CCC(C)(O)c2cc(C(C)(C)N)cc(-c3ccc(F)cc3)n2)ccc1-c1ccncc1. The number of hydrogen-bond donors (Lipinski definition) is 2. The lowest BCUT2D eigenvalue weighted by Crippen LogP contribution is -2.31. The maximum absolute atomic E-state index is 13.5. The molecule has 0 bridgehead atoms. The number of ether oxygens (including phenoxy) is 1. The van der Waals surface area contributed by atoms with E-state index in [4.69, 9.17) is 10.5 Å². The molecule has 0 saturated heterocycles. The molecule has 6 nitrogen and oxygen atoms in total. The number of carbonyl (C=O) groups is 1. The number of nitrogens with zero attached hydrogens (tertiary/aromatic N) is 2. The second kappa shape index (κ2) is 10.8. The van der Waals surface area contributed by atoms with E-state index in [1.165, 1.54) is 12.1 Å². The molecule has 0 spiro atoms. The Morgan fingerprint density at radius 2 is 1.66 bits per heavy atom. The third-order valence-electron chi connectivity index (χ3n) is 6.61. The molecule has 0 saturated carbocycles. The summed E-state index contributed by atoms with van der Waals surface area (Å²) in [7, 11) is 1.56. The minimum Gasteiger partial charge on any atom is -0.496 e. The number of methoxy groups -OCH3 is 1. The van der Waals surface area contributed by atoms with Crippen LogP contribution in [0.5, 0.6) is 5.75 Å². The molecule has 3 N–H and O–H groups in total. The molecule has 38 heavy (non-hydrogen) atoms. The van der Waals surface area contributed by atoms with E-state index in [1.54, 1.807) is 56.8 Å². The van der Waals surface area contributed by atoms with Gasteiger partial charge in [-0.25, -0.2) is 9.37 Å². The van der Waals surface area contributed by atoms with E-state index < -0.39 is 11.1 Å². The molecule has 2 aromatic carbocycles. The summed E-state index contributed by atoms with van der Waals surface area (Å²) >= 11 is 0. The number of benzene rings is 2. The number of carbonyl (C=O) groups excluding carboxylic acids is 1. The standard InChI is InChI=1S/C31H32FN3O3/c1-30(2,33)23-18-26(21-5-8-24(32)9-6-21)35-29(19-23)31(3,37)14-11-27(36)22-7-10-25(28(17-22)38-4)20-12-15-34-16-13-20/h5-10,12-13,15-19,37H,11,14,33H2,1-4H3.